The van der Waals surface area contributed by atoms with Gasteiger partial charge < -0.3 is 10.2 Å². The maximum absolute atomic E-state index is 11.8. The second kappa shape index (κ2) is 5.71. The molecule has 3 heteroatoms. The normalized spacial score (nSPS) is 15.0. The Bertz CT molecular complexity index is 366. The SMILES string of the molecule is CCc1ccc(NCC(=O)N2CCCC2)cc1. The average molecular weight is 232 g/mol. The highest BCUT2D eigenvalue weighted by atomic mass is 16.2. The predicted molar refractivity (Wildman–Crippen MR) is 70.1 cm³/mol. The van der Waals surface area contributed by atoms with Gasteiger partial charge in [0, 0.05) is 18.8 Å². The van der Waals surface area contributed by atoms with E-state index in [0.29, 0.717) is 6.54 Å². The Labute approximate surface area is 103 Å². The summed E-state index contributed by atoms with van der Waals surface area (Å²) in [6, 6.07) is 8.28. The number of hydrogen-bond acceptors (Lipinski definition) is 2. The molecule has 2 rings (SSSR count). The van der Waals surface area contributed by atoms with Crippen LogP contribution in [0.3, 0.4) is 0 Å². The summed E-state index contributed by atoms with van der Waals surface area (Å²) in [7, 11) is 0. The molecule has 0 atom stereocenters. The van der Waals surface area contributed by atoms with Crippen LogP contribution in [0.2, 0.25) is 0 Å². The van der Waals surface area contributed by atoms with E-state index in [4.69, 9.17) is 0 Å². The molecule has 0 aromatic heterocycles. The zero-order chi connectivity index (χ0) is 12.1. The van der Waals surface area contributed by atoms with Crippen LogP contribution in [0.4, 0.5) is 5.69 Å². The molecule has 0 bridgehead atoms. The van der Waals surface area contributed by atoms with E-state index in [2.05, 4.69) is 24.4 Å². The maximum atomic E-state index is 11.8. The number of rotatable bonds is 4. The van der Waals surface area contributed by atoms with Crippen molar-refractivity contribution in [1.29, 1.82) is 0 Å². The molecule has 0 saturated carbocycles. The second-order valence-corrected chi connectivity index (χ2v) is 4.49. The van der Waals surface area contributed by atoms with E-state index < -0.39 is 0 Å². The molecule has 92 valence electrons. The lowest BCUT2D eigenvalue weighted by molar-refractivity contribution is -0.128. The number of nitrogens with one attached hydrogen (secondary N) is 1. The third-order valence-electron chi connectivity index (χ3n) is 3.26. The summed E-state index contributed by atoms with van der Waals surface area (Å²) >= 11 is 0. The lowest BCUT2D eigenvalue weighted by Crippen LogP contribution is -2.32. The van der Waals surface area contributed by atoms with E-state index >= 15 is 0 Å². The van der Waals surface area contributed by atoms with Crippen molar-refractivity contribution in [3.63, 3.8) is 0 Å². The Morgan fingerprint density at radius 1 is 1.24 bits per heavy atom. The van der Waals surface area contributed by atoms with Crippen molar-refractivity contribution >= 4 is 11.6 Å². The Morgan fingerprint density at radius 2 is 1.88 bits per heavy atom. The predicted octanol–water partition coefficient (Wildman–Crippen LogP) is 2.28. The van der Waals surface area contributed by atoms with Gasteiger partial charge in [-0.2, -0.15) is 0 Å². The van der Waals surface area contributed by atoms with Crippen molar-refractivity contribution < 1.29 is 4.79 Å². The van der Waals surface area contributed by atoms with Gasteiger partial charge in [0.15, 0.2) is 0 Å². The van der Waals surface area contributed by atoms with Crippen molar-refractivity contribution in [2.45, 2.75) is 26.2 Å². The number of likely N-dealkylation sites (tertiary alicyclic amines) is 1. The first-order valence-corrected chi connectivity index (χ1v) is 6.40. The molecule has 17 heavy (non-hydrogen) atoms. The molecule has 1 aromatic rings. The van der Waals surface area contributed by atoms with Crippen LogP contribution in [0, 0.1) is 0 Å². The molecule has 1 amide bonds. The molecule has 0 unspecified atom stereocenters. The summed E-state index contributed by atoms with van der Waals surface area (Å²) in [4.78, 5) is 13.7. The summed E-state index contributed by atoms with van der Waals surface area (Å²) in [6.07, 6.45) is 3.35. The summed E-state index contributed by atoms with van der Waals surface area (Å²) in [6.45, 7) is 4.40. The fourth-order valence-electron chi connectivity index (χ4n) is 2.11. The monoisotopic (exact) mass is 232 g/mol. The maximum Gasteiger partial charge on any atom is 0.241 e. The number of carbonyl (C=O) groups is 1. The summed E-state index contributed by atoms with van der Waals surface area (Å²) in [5, 5.41) is 3.18. The highest BCUT2D eigenvalue weighted by Gasteiger charge is 2.16. The van der Waals surface area contributed by atoms with Crippen molar-refractivity contribution in [1.82, 2.24) is 4.90 Å². The summed E-state index contributed by atoms with van der Waals surface area (Å²) < 4.78 is 0. The molecule has 0 radical (unpaired) electrons. The van der Waals surface area contributed by atoms with Crippen molar-refractivity contribution in [2.75, 3.05) is 25.0 Å². The van der Waals surface area contributed by atoms with Crippen LogP contribution in [-0.2, 0) is 11.2 Å². The van der Waals surface area contributed by atoms with Gasteiger partial charge in [-0.25, -0.2) is 0 Å². The minimum atomic E-state index is 0.210. The van der Waals surface area contributed by atoms with E-state index in [9.17, 15) is 4.79 Å². The largest absolute Gasteiger partial charge is 0.376 e. The number of amides is 1. The van der Waals surface area contributed by atoms with Gasteiger partial charge in [0.1, 0.15) is 0 Å². The number of hydrogen-bond donors (Lipinski definition) is 1. The lowest BCUT2D eigenvalue weighted by Gasteiger charge is -2.16. The number of benzene rings is 1. The van der Waals surface area contributed by atoms with Gasteiger partial charge in [-0.1, -0.05) is 19.1 Å². The lowest BCUT2D eigenvalue weighted by atomic mass is 10.1. The Balaban J connectivity index is 1.82. The quantitative estimate of drug-likeness (QED) is 0.863. The first kappa shape index (κ1) is 12.0. The minimum absolute atomic E-state index is 0.210. The van der Waals surface area contributed by atoms with E-state index in [1.165, 1.54) is 5.56 Å². The summed E-state index contributed by atoms with van der Waals surface area (Å²) in [5.41, 5.74) is 2.34. The molecule has 1 aliphatic heterocycles. The number of carbonyl (C=O) groups excluding carboxylic acids is 1. The van der Waals surface area contributed by atoms with Crippen molar-refractivity contribution in [3.05, 3.63) is 29.8 Å². The van der Waals surface area contributed by atoms with Gasteiger partial charge in [-0.05, 0) is 37.0 Å². The van der Waals surface area contributed by atoms with Gasteiger partial charge in [-0.15, -0.1) is 0 Å². The number of anilines is 1. The molecule has 1 fully saturated rings. The first-order chi connectivity index (χ1) is 8.29. The van der Waals surface area contributed by atoms with E-state index in [-0.39, 0.29) is 5.91 Å². The third-order valence-corrected chi connectivity index (χ3v) is 3.26. The Kier molecular flexibility index (Phi) is 4.02. The molecule has 1 N–H and O–H groups in total. The van der Waals surface area contributed by atoms with Crippen LogP contribution in [0.1, 0.15) is 25.3 Å². The number of nitrogens with zero attached hydrogens (tertiary/aromatic N) is 1. The Morgan fingerprint density at radius 3 is 2.47 bits per heavy atom. The second-order valence-electron chi connectivity index (χ2n) is 4.49. The molecule has 0 aliphatic carbocycles. The van der Waals surface area contributed by atoms with Crippen LogP contribution in [0.25, 0.3) is 0 Å². The molecule has 1 saturated heterocycles. The van der Waals surface area contributed by atoms with Crippen LogP contribution in [-0.4, -0.2) is 30.4 Å². The van der Waals surface area contributed by atoms with Crippen LogP contribution < -0.4 is 5.32 Å². The van der Waals surface area contributed by atoms with E-state index in [1.807, 2.05) is 17.0 Å². The minimum Gasteiger partial charge on any atom is -0.376 e. The van der Waals surface area contributed by atoms with Gasteiger partial charge in [0.2, 0.25) is 5.91 Å². The molecule has 1 aromatic carbocycles. The van der Waals surface area contributed by atoms with Crippen molar-refractivity contribution in [3.8, 4) is 0 Å². The van der Waals surface area contributed by atoms with E-state index in [0.717, 1.165) is 38.0 Å². The van der Waals surface area contributed by atoms with Gasteiger partial charge in [-0.3, -0.25) is 4.79 Å². The molecule has 0 spiro atoms. The van der Waals surface area contributed by atoms with Gasteiger partial charge in [0.25, 0.3) is 0 Å². The van der Waals surface area contributed by atoms with Crippen molar-refractivity contribution in [2.24, 2.45) is 0 Å². The van der Waals surface area contributed by atoms with Crippen LogP contribution >= 0.6 is 0 Å². The molecular weight excluding hydrogens is 212 g/mol. The summed E-state index contributed by atoms with van der Waals surface area (Å²) in [5.74, 6) is 0.210. The Hall–Kier alpha value is -1.51. The van der Waals surface area contributed by atoms with Gasteiger partial charge >= 0.3 is 0 Å². The highest BCUT2D eigenvalue weighted by molar-refractivity contribution is 5.81. The third kappa shape index (κ3) is 3.22. The molecule has 3 nitrogen and oxygen atoms in total. The van der Waals surface area contributed by atoms with E-state index in [1.54, 1.807) is 0 Å². The molecule has 1 aliphatic rings. The standard InChI is InChI=1S/C14H20N2O/c1-2-12-5-7-13(8-6-12)15-11-14(17)16-9-3-4-10-16/h5-8,15H,2-4,9-11H2,1H3. The van der Waals surface area contributed by atoms with Gasteiger partial charge in [0.05, 0.1) is 6.54 Å². The topological polar surface area (TPSA) is 32.3 Å². The van der Waals surface area contributed by atoms with Crippen LogP contribution in [0.5, 0.6) is 0 Å². The average Bonchev–Trinajstić information content (AvgIpc) is 2.90. The van der Waals surface area contributed by atoms with Crippen LogP contribution in [0.15, 0.2) is 24.3 Å². The zero-order valence-corrected chi connectivity index (χ0v) is 10.4. The number of aryl methyl sites for hydroxylation is 1. The smallest absolute Gasteiger partial charge is 0.241 e. The zero-order valence-electron chi connectivity index (χ0n) is 10.4. The highest BCUT2D eigenvalue weighted by Crippen LogP contribution is 2.11. The molecule has 1 heterocycles. The fourth-order valence-corrected chi connectivity index (χ4v) is 2.11. The fraction of sp³-hybridized carbons (Fsp3) is 0.500. The first-order valence-electron chi connectivity index (χ1n) is 6.40. The molecular formula is C14H20N2O.